The highest BCUT2D eigenvalue weighted by Crippen LogP contribution is 2.42. The van der Waals surface area contributed by atoms with Gasteiger partial charge in [-0.1, -0.05) is 26.0 Å². The second-order valence-electron chi connectivity index (χ2n) is 5.75. The predicted molar refractivity (Wildman–Crippen MR) is 72.9 cm³/mol. The summed E-state index contributed by atoms with van der Waals surface area (Å²) < 4.78 is 5.36. The van der Waals surface area contributed by atoms with Gasteiger partial charge in [0, 0.05) is 18.6 Å². The van der Waals surface area contributed by atoms with Gasteiger partial charge in [0.1, 0.15) is 5.75 Å². The topological polar surface area (TPSA) is 58.6 Å². The van der Waals surface area contributed by atoms with Crippen LogP contribution in [0.2, 0.25) is 0 Å². The number of methoxy groups -OCH3 is 1. The van der Waals surface area contributed by atoms with Crippen molar-refractivity contribution in [1.82, 2.24) is 5.32 Å². The Hall–Kier alpha value is -1.55. The van der Waals surface area contributed by atoms with Crippen molar-refractivity contribution >= 4 is 5.91 Å². The summed E-state index contributed by atoms with van der Waals surface area (Å²) in [5.41, 5.74) is 0.793. The number of carbonyl (C=O) groups is 1. The van der Waals surface area contributed by atoms with E-state index in [1.807, 2.05) is 6.07 Å². The summed E-state index contributed by atoms with van der Waals surface area (Å²) in [6.07, 6.45) is 1.35. The van der Waals surface area contributed by atoms with Gasteiger partial charge < -0.3 is 15.2 Å². The number of aromatic hydroxyl groups is 1. The maximum absolute atomic E-state index is 12.0. The molecule has 19 heavy (non-hydrogen) atoms. The molecule has 4 nitrogen and oxygen atoms in total. The van der Waals surface area contributed by atoms with E-state index in [-0.39, 0.29) is 29.2 Å². The maximum Gasteiger partial charge on any atom is 0.224 e. The molecule has 2 rings (SSSR count). The van der Waals surface area contributed by atoms with E-state index in [1.54, 1.807) is 25.3 Å². The molecule has 0 aromatic heterocycles. The van der Waals surface area contributed by atoms with E-state index >= 15 is 0 Å². The number of phenols is 1. The van der Waals surface area contributed by atoms with Crippen molar-refractivity contribution in [2.24, 2.45) is 5.41 Å². The second kappa shape index (κ2) is 5.21. The standard InChI is InChI=1S/C15H21NO3/c1-15(2)12(9-13(15)19-3)16-14(18)8-10-5-4-6-11(17)7-10/h4-7,12-13,17H,8-9H2,1-3H3,(H,16,18). The number of benzene rings is 1. The van der Waals surface area contributed by atoms with Crippen molar-refractivity contribution in [2.75, 3.05) is 7.11 Å². The van der Waals surface area contributed by atoms with E-state index in [1.165, 1.54) is 0 Å². The van der Waals surface area contributed by atoms with Crippen molar-refractivity contribution in [2.45, 2.75) is 38.8 Å². The van der Waals surface area contributed by atoms with Crippen LogP contribution >= 0.6 is 0 Å². The molecule has 1 aliphatic rings. The summed E-state index contributed by atoms with van der Waals surface area (Å²) >= 11 is 0. The summed E-state index contributed by atoms with van der Waals surface area (Å²) in [5.74, 6) is 0.173. The first kappa shape index (κ1) is 13.9. The molecule has 0 heterocycles. The molecule has 4 heteroatoms. The fraction of sp³-hybridized carbons (Fsp3) is 0.533. The molecule has 2 N–H and O–H groups in total. The molecule has 0 spiro atoms. The fourth-order valence-corrected chi connectivity index (χ4v) is 2.63. The Morgan fingerprint density at radius 2 is 2.26 bits per heavy atom. The van der Waals surface area contributed by atoms with Crippen LogP contribution in [0.4, 0.5) is 0 Å². The number of ether oxygens (including phenoxy) is 1. The highest BCUT2D eigenvalue weighted by atomic mass is 16.5. The Labute approximate surface area is 113 Å². The first-order valence-corrected chi connectivity index (χ1v) is 6.53. The largest absolute Gasteiger partial charge is 0.508 e. The zero-order valence-corrected chi connectivity index (χ0v) is 11.6. The average Bonchev–Trinajstić information content (AvgIpc) is 2.34. The Kier molecular flexibility index (Phi) is 3.80. The van der Waals surface area contributed by atoms with E-state index < -0.39 is 0 Å². The Bertz CT molecular complexity index is 470. The summed E-state index contributed by atoms with van der Waals surface area (Å²) in [6, 6.07) is 6.94. The minimum absolute atomic E-state index is 0.0155. The zero-order chi connectivity index (χ0) is 14.0. The molecule has 0 radical (unpaired) electrons. The molecule has 1 fully saturated rings. The minimum atomic E-state index is -0.0246. The lowest BCUT2D eigenvalue weighted by molar-refractivity contribution is -0.132. The van der Waals surface area contributed by atoms with Crippen molar-refractivity contribution in [1.29, 1.82) is 0 Å². The summed E-state index contributed by atoms with van der Waals surface area (Å²) in [6.45, 7) is 4.20. The van der Waals surface area contributed by atoms with Gasteiger partial charge in [0.05, 0.1) is 12.5 Å². The van der Waals surface area contributed by atoms with Crippen LogP contribution < -0.4 is 5.32 Å². The minimum Gasteiger partial charge on any atom is -0.508 e. The van der Waals surface area contributed by atoms with Crippen LogP contribution in [-0.4, -0.2) is 30.3 Å². The zero-order valence-electron chi connectivity index (χ0n) is 11.6. The summed E-state index contributed by atoms with van der Waals surface area (Å²) in [7, 11) is 1.71. The number of hydrogen-bond acceptors (Lipinski definition) is 3. The molecule has 0 bridgehead atoms. The van der Waals surface area contributed by atoms with Crippen molar-refractivity contribution in [3.05, 3.63) is 29.8 Å². The van der Waals surface area contributed by atoms with Crippen LogP contribution in [-0.2, 0) is 16.0 Å². The highest BCUT2D eigenvalue weighted by Gasteiger charge is 2.49. The summed E-state index contributed by atoms with van der Waals surface area (Å²) in [5, 5.41) is 12.4. The molecule has 0 aliphatic heterocycles. The third kappa shape index (κ3) is 2.89. The van der Waals surface area contributed by atoms with Crippen LogP contribution in [0.5, 0.6) is 5.75 Å². The van der Waals surface area contributed by atoms with Crippen molar-refractivity contribution < 1.29 is 14.6 Å². The van der Waals surface area contributed by atoms with Gasteiger partial charge >= 0.3 is 0 Å². The third-order valence-corrected chi connectivity index (χ3v) is 4.07. The lowest BCUT2D eigenvalue weighted by atomic mass is 9.64. The fourth-order valence-electron chi connectivity index (χ4n) is 2.63. The predicted octanol–water partition coefficient (Wildman–Crippen LogP) is 1.86. The average molecular weight is 263 g/mol. The Balaban J connectivity index is 1.89. The second-order valence-corrected chi connectivity index (χ2v) is 5.75. The van der Waals surface area contributed by atoms with Crippen LogP contribution in [0.25, 0.3) is 0 Å². The van der Waals surface area contributed by atoms with Gasteiger partial charge in [-0.2, -0.15) is 0 Å². The van der Waals surface area contributed by atoms with E-state index in [0.29, 0.717) is 6.42 Å². The highest BCUT2D eigenvalue weighted by molar-refractivity contribution is 5.79. The maximum atomic E-state index is 12.0. The SMILES string of the molecule is COC1CC(NC(=O)Cc2cccc(O)c2)C1(C)C. The molecule has 0 saturated heterocycles. The number of carbonyl (C=O) groups excluding carboxylic acids is 1. The quantitative estimate of drug-likeness (QED) is 0.871. The van der Waals surface area contributed by atoms with E-state index in [0.717, 1.165) is 12.0 Å². The normalized spacial score (nSPS) is 24.6. The van der Waals surface area contributed by atoms with Crippen LogP contribution in [0.15, 0.2) is 24.3 Å². The lowest BCUT2D eigenvalue weighted by Gasteiger charge is -2.51. The van der Waals surface area contributed by atoms with Gasteiger partial charge in [0.25, 0.3) is 0 Å². The van der Waals surface area contributed by atoms with Gasteiger partial charge in [0.15, 0.2) is 0 Å². The van der Waals surface area contributed by atoms with Gasteiger partial charge in [-0.15, -0.1) is 0 Å². The number of nitrogens with one attached hydrogen (secondary N) is 1. The number of rotatable bonds is 4. The lowest BCUT2D eigenvalue weighted by Crippen LogP contribution is -2.61. The molecule has 104 valence electrons. The monoisotopic (exact) mass is 263 g/mol. The first-order chi connectivity index (χ1) is 8.93. The molecule has 1 aliphatic carbocycles. The Morgan fingerprint density at radius 3 is 2.84 bits per heavy atom. The number of hydrogen-bond donors (Lipinski definition) is 2. The van der Waals surface area contributed by atoms with E-state index in [2.05, 4.69) is 19.2 Å². The molecule has 1 aromatic rings. The molecular weight excluding hydrogens is 242 g/mol. The van der Waals surface area contributed by atoms with Crippen LogP contribution in [0.1, 0.15) is 25.8 Å². The molecule has 1 saturated carbocycles. The van der Waals surface area contributed by atoms with E-state index in [9.17, 15) is 9.90 Å². The van der Waals surface area contributed by atoms with Gasteiger partial charge in [-0.3, -0.25) is 4.79 Å². The number of amides is 1. The van der Waals surface area contributed by atoms with Gasteiger partial charge in [-0.25, -0.2) is 0 Å². The molecule has 1 amide bonds. The molecular formula is C15H21NO3. The van der Waals surface area contributed by atoms with Crippen LogP contribution in [0, 0.1) is 5.41 Å². The smallest absolute Gasteiger partial charge is 0.224 e. The van der Waals surface area contributed by atoms with Crippen molar-refractivity contribution in [3.63, 3.8) is 0 Å². The van der Waals surface area contributed by atoms with Gasteiger partial charge in [-0.05, 0) is 24.1 Å². The Morgan fingerprint density at radius 1 is 1.53 bits per heavy atom. The van der Waals surface area contributed by atoms with E-state index in [4.69, 9.17) is 4.74 Å². The summed E-state index contributed by atoms with van der Waals surface area (Å²) in [4.78, 5) is 12.0. The molecule has 2 unspecified atom stereocenters. The van der Waals surface area contributed by atoms with Crippen LogP contribution in [0.3, 0.4) is 0 Å². The van der Waals surface area contributed by atoms with Crippen molar-refractivity contribution in [3.8, 4) is 5.75 Å². The third-order valence-electron chi connectivity index (χ3n) is 4.07. The molecule has 1 aromatic carbocycles. The van der Waals surface area contributed by atoms with Gasteiger partial charge in [0.2, 0.25) is 5.91 Å². The molecule has 2 atom stereocenters. The number of phenolic OH excluding ortho intramolecular Hbond substituents is 1. The first-order valence-electron chi connectivity index (χ1n) is 6.53.